The van der Waals surface area contributed by atoms with E-state index >= 15 is 0 Å². The summed E-state index contributed by atoms with van der Waals surface area (Å²) in [4.78, 5) is 8.52. The minimum atomic E-state index is 0.661. The number of fused-ring (bicyclic) bond motifs is 1. The molecule has 3 rings (SSSR count). The Morgan fingerprint density at radius 1 is 1.29 bits per heavy atom. The molecule has 0 aliphatic heterocycles. The van der Waals surface area contributed by atoms with Crippen LogP contribution in [0.15, 0.2) is 36.9 Å². The molecule has 0 aliphatic rings. The largest absolute Gasteiger partial charge is 0.307 e. The van der Waals surface area contributed by atoms with Gasteiger partial charge in [-0.1, -0.05) is 6.07 Å². The SMILES string of the molecule is c1ccn2cc(CNCc3ncn[nH]3)nc2c1. The summed E-state index contributed by atoms with van der Waals surface area (Å²) in [6.07, 6.45) is 5.51. The van der Waals surface area contributed by atoms with Crippen LogP contribution in [0.2, 0.25) is 0 Å². The number of nitrogens with zero attached hydrogens (tertiary/aromatic N) is 4. The number of H-pyrrole nitrogens is 1. The van der Waals surface area contributed by atoms with Gasteiger partial charge >= 0.3 is 0 Å². The van der Waals surface area contributed by atoms with Crippen LogP contribution in [-0.4, -0.2) is 24.6 Å². The first-order valence-corrected chi connectivity index (χ1v) is 5.39. The van der Waals surface area contributed by atoms with Crippen LogP contribution >= 0.6 is 0 Å². The average molecular weight is 228 g/mol. The molecule has 6 heteroatoms. The molecular weight excluding hydrogens is 216 g/mol. The van der Waals surface area contributed by atoms with Crippen LogP contribution in [0.25, 0.3) is 5.65 Å². The van der Waals surface area contributed by atoms with E-state index < -0.39 is 0 Å². The van der Waals surface area contributed by atoms with Crippen molar-refractivity contribution in [2.75, 3.05) is 0 Å². The molecule has 0 aromatic carbocycles. The Bertz CT molecular complexity index is 564. The predicted molar refractivity (Wildman–Crippen MR) is 62.1 cm³/mol. The molecule has 0 unspecified atom stereocenters. The van der Waals surface area contributed by atoms with Crippen molar-refractivity contribution in [2.24, 2.45) is 0 Å². The molecular formula is C11H12N6. The Balaban J connectivity index is 1.65. The number of aromatic amines is 1. The fourth-order valence-corrected chi connectivity index (χ4v) is 1.70. The second kappa shape index (κ2) is 4.34. The zero-order valence-corrected chi connectivity index (χ0v) is 9.17. The quantitative estimate of drug-likeness (QED) is 0.691. The molecule has 3 aromatic rings. The van der Waals surface area contributed by atoms with E-state index in [1.165, 1.54) is 6.33 Å². The summed E-state index contributed by atoms with van der Waals surface area (Å²) in [5, 5.41) is 9.84. The third-order valence-electron chi connectivity index (χ3n) is 2.48. The molecule has 0 saturated carbocycles. The zero-order valence-electron chi connectivity index (χ0n) is 9.17. The summed E-state index contributed by atoms with van der Waals surface area (Å²) in [5.74, 6) is 0.828. The van der Waals surface area contributed by atoms with Crippen molar-refractivity contribution in [3.05, 3.63) is 48.4 Å². The first-order chi connectivity index (χ1) is 8.42. The van der Waals surface area contributed by atoms with Gasteiger partial charge in [0.1, 0.15) is 17.8 Å². The highest BCUT2D eigenvalue weighted by Gasteiger charge is 2.00. The van der Waals surface area contributed by atoms with Gasteiger partial charge in [-0.3, -0.25) is 5.10 Å². The van der Waals surface area contributed by atoms with Gasteiger partial charge in [0.25, 0.3) is 0 Å². The standard InChI is InChI=1S/C11H12N6/c1-2-4-17-7-9(15-11(17)3-1)5-12-6-10-13-8-14-16-10/h1-4,7-8,12H,5-6H2,(H,13,14,16). The van der Waals surface area contributed by atoms with E-state index in [1.54, 1.807) is 0 Å². The van der Waals surface area contributed by atoms with Crippen molar-refractivity contribution in [3.63, 3.8) is 0 Å². The lowest BCUT2D eigenvalue weighted by Crippen LogP contribution is -2.13. The van der Waals surface area contributed by atoms with E-state index in [0.717, 1.165) is 17.2 Å². The third kappa shape index (κ3) is 2.16. The van der Waals surface area contributed by atoms with Gasteiger partial charge in [0.05, 0.1) is 12.2 Å². The van der Waals surface area contributed by atoms with E-state index in [-0.39, 0.29) is 0 Å². The van der Waals surface area contributed by atoms with Gasteiger partial charge in [0, 0.05) is 18.9 Å². The summed E-state index contributed by atoms with van der Waals surface area (Å²) in [5.41, 5.74) is 1.97. The number of aromatic nitrogens is 5. The number of hydrogen-bond donors (Lipinski definition) is 2. The molecule has 0 spiro atoms. The van der Waals surface area contributed by atoms with E-state index in [9.17, 15) is 0 Å². The number of rotatable bonds is 4. The van der Waals surface area contributed by atoms with Crippen LogP contribution in [0, 0.1) is 0 Å². The second-order valence-corrected chi connectivity index (χ2v) is 3.73. The Morgan fingerprint density at radius 3 is 3.12 bits per heavy atom. The Kier molecular flexibility index (Phi) is 2.55. The molecule has 0 aliphatic carbocycles. The van der Waals surface area contributed by atoms with E-state index in [0.29, 0.717) is 13.1 Å². The van der Waals surface area contributed by atoms with E-state index in [4.69, 9.17) is 0 Å². The van der Waals surface area contributed by atoms with Gasteiger partial charge in [0.2, 0.25) is 0 Å². The van der Waals surface area contributed by atoms with Gasteiger partial charge in [-0.25, -0.2) is 9.97 Å². The Morgan fingerprint density at radius 2 is 2.29 bits per heavy atom. The molecule has 0 saturated heterocycles. The van der Waals surface area contributed by atoms with Crippen LogP contribution in [0.3, 0.4) is 0 Å². The summed E-state index contributed by atoms with van der Waals surface area (Å²) in [7, 11) is 0. The molecule has 0 radical (unpaired) electrons. The monoisotopic (exact) mass is 228 g/mol. The summed E-state index contributed by atoms with van der Waals surface area (Å²) < 4.78 is 2.01. The molecule has 86 valence electrons. The lowest BCUT2D eigenvalue weighted by molar-refractivity contribution is 0.656. The lowest BCUT2D eigenvalue weighted by Gasteiger charge is -1.97. The molecule has 0 fully saturated rings. The fraction of sp³-hybridized carbons (Fsp3) is 0.182. The number of hydrogen-bond acceptors (Lipinski definition) is 4. The van der Waals surface area contributed by atoms with Crippen LogP contribution in [-0.2, 0) is 13.1 Å². The molecule has 3 aromatic heterocycles. The lowest BCUT2D eigenvalue weighted by atomic mass is 10.4. The van der Waals surface area contributed by atoms with Crippen molar-refractivity contribution >= 4 is 5.65 Å². The summed E-state index contributed by atoms with van der Waals surface area (Å²) in [6, 6.07) is 5.95. The summed E-state index contributed by atoms with van der Waals surface area (Å²) in [6.45, 7) is 1.37. The first-order valence-electron chi connectivity index (χ1n) is 5.39. The summed E-state index contributed by atoms with van der Waals surface area (Å²) >= 11 is 0. The van der Waals surface area contributed by atoms with Crippen molar-refractivity contribution in [3.8, 4) is 0 Å². The topological polar surface area (TPSA) is 70.9 Å². The molecule has 0 bridgehead atoms. The molecule has 0 atom stereocenters. The van der Waals surface area contributed by atoms with Gasteiger partial charge < -0.3 is 9.72 Å². The van der Waals surface area contributed by atoms with Crippen molar-refractivity contribution < 1.29 is 0 Å². The van der Waals surface area contributed by atoms with Gasteiger partial charge in [-0.15, -0.1) is 0 Å². The fourth-order valence-electron chi connectivity index (χ4n) is 1.70. The van der Waals surface area contributed by atoms with Crippen LogP contribution in [0.4, 0.5) is 0 Å². The minimum Gasteiger partial charge on any atom is -0.307 e. The third-order valence-corrected chi connectivity index (χ3v) is 2.48. The van der Waals surface area contributed by atoms with Gasteiger partial charge in [0.15, 0.2) is 0 Å². The van der Waals surface area contributed by atoms with Crippen molar-refractivity contribution in [2.45, 2.75) is 13.1 Å². The maximum Gasteiger partial charge on any atom is 0.138 e. The maximum atomic E-state index is 4.49. The highest BCUT2D eigenvalue weighted by molar-refractivity contribution is 5.39. The van der Waals surface area contributed by atoms with Crippen LogP contribution < -0.4 is 5.32 Å². The van der Waals surface area contributed by atoms with Gasteiger partial charge in [-0.2, -0.15) is 5.10 Å². The molecule has 0 amide bonds. The number of pyridine rings is 1. The smallest absolute Gasteiger partial charge is 0.138 e. The van der Waals surface area contributed by atoms with Crippen molar-refractivity contribution in [1.82, 2.24) is 29.9 Å². The average Bonchev–Trinajstić information content (AvgIpc) is 2.96. The van der Waals surface area contributed by atoms with Gasteiger partial charge in [-0.05, 0) is 12.1 Å². The van der Waals surface area contributed by atoms with E-state index in [1.807, 2.05) is 35.0 Å². The highest BCUT2D eigenvalue weighted by atomic mass is 15.2. The second-order valence-electron chi connectivity index (χ2n) is 3.73. The Hall–Kier alpha value is -2.21. The normalized spacial score (nSPS) is 11.1. The highest BCUT2D eigenvalue weighted by Crippen LogP contribution is 2.04. The zero-order chi connectivity index (χ0) is 11.5. The molecule has 17 heavy (non-hydrogen) atoms. The molecule has 6 nitrogen and oxygen atoms in total. The number of nitrogens with one attached hydrogen (secondary N) is 2. The Labute approximate surface area is 97.7 Å². The van der Waals surface area contributed by atoms with Crippen LogP contribution in [0.5, 0.6) is 0 Å². The molecule has 2 N–H and O–H groups in total. The minimum absolute atomic E-state index is 0.661. The predicted octanol–water partition coefficient (Wildman–Crippen LogP) is 0.742. The maximum absolute atomic E-state index is 4.49. The number of imidazole rings is 1. The molecule has 3 heterocycles. The van der Waals surface area contributed by atoms with Crippen molar-refractivity contribution in [1.29, 1.82) is 0 Å². The van der Waals surface area contributed by atoms with E-state index in [2.05, 4.69) is 25.5 Å². The van der Waals surface area contributed by atoms with Crippen LogP contribution in [0.1, 0.15) is 11.5 Å². The first kappa shape index (κ1) is 9.98.